The molecule has 1 fully saturated rings. The third kappa shape index (κ3) is 2.91. The van der Waals surface area contributed by atoms with Crippen LogP contribution >= 0.6 is 12.4 Å². The lowest BCUT2D eigenvalue weighted by Gasteiger charge is -2.36. The van der Waals surface area contributed by atoms with Crippen LogP contribution in [0.4, 0.5) is 13.2 Å². The summed E-state index contributed by atoms with van der Waals surface area (Å²) >= 11 is 0. The van der Waals surface area contributed by atoms with Crippen molar-refractivity contribution in [2.75, 3.05) is 13.1 Å². The van der Waals surface area contributed by atoms with Crippen molar-refractivity contribution in [1.82, 2.24) is 5.32 Å². The molecule has 0 saturated carbocycles. The monoisotopic (exact) mass is 308 g/mol. The van der Waals surface area contributed by atoms with Gasteiger partial charge in [0.2, 0.25) is 5.91 Å². The quantitative estimate of drug-likeness (QED) is 0.880. The summed E-state index contributed by atoms with van der Waals surface area (Å²) in [5, 5.41) is 3.03. The first-order valence-electron chi connectivity index (χ1n) is 6.05. The maximum atomic E-state index is 13.1. The predicted octanol–water partition coefficient (Wildman–Crippen LogP) is 2.23. The number of halogens is 4. The zero-order valence-corrected chi connectivity index (χ0v) is 11.5. The van der Waals surface area contributed by atoms with E-state index in [9.17, 15) is 18.0 Å². The molecule has 20 heavy (non-hydrogen) atoms. The van der Waals surface area contributed by atoms with Crippen molar-refractivity contribution < 1.29 is 18.0 Å². The van der Waals surface area contributed by atoms with E-state index in [0.717, 1.165) is 6.07 Å². The van der Waals surface area contributed by atoms with E-state index >= 15 is 0 Å². The Kier molecular flexibility index (Phi) is 5.05. The molecule has 0 unspecified atom stereocenters. The Hall–Kier alpha value is -1.27. The van der Waals surface area contributed by atoms with Crippen LogP contribution in [-0.2, 0) is 16.4 Å². The zero-order valence-electron chi connectivity index (χ0n) is 10.7. The zero-order chi connectivity index (χ0) is 14.1. The number of nitrogens with one attached hydrogen (secondary N) is 1. The highest BCUT2D eigenvalue weighted by Crippen LogP contribution is 2.41. The molecule has 1 heterocycles. The number of rotatable bonds is 2. The fourth-order valence-electron chi connectivity index (χ4n) is 2.65. The first-order valence-corrected chi connectivity index (χ1v) is 6.05. The standard InChI is InChI=1S/C13H15F3N2O.ClH/c14-13(15,16)10-4-2-1-3-9(10)12(11(17)19)5-7-18-8-6-12;/h1-4,18H,5-8H2,(H2,17,19);1H. The third-order valence-corrected chi connectivity index (χ3v) is 3.68. The van der Waals surface area contributed by atoms with Gasteiger partial charge in [-0.1, -0.05) is 18.2 Å². The first-order chi connectivity index (χ1) is 8.88. The number of hydrogen-bond donors (Lipinski definition) is 2. The Morgan fingerprint density at radius 1 is 1.20 bits per heavy atom. The topological polar surface area (TPSA) is 55.1 Å². The van der Waals surface area contributed by atoms with Gasteiger partial charge in [-0.15, -0.1) is 12.4 Å². The van der Waals surface area contributed by atoms with E-state index in [1.165, 1.54) is 18.2 Å². The van der Waals surface area contributed by atoms with Gasteiger partial charge in [-0.05, 0) is 37.6 Å². The molecule has 112 valence electrons. The van der Waals surface area contributed by atoms with Crippen molar-refractivity contribution >= 4 is 18.3 Å². The normalized spacial score (nSPS) is 18.1. The SMILES string of the molecule is Cl.NC(=O)C1(c2ccccc2C(F)(F)F)CCNCC1. The van der Waals surface area contributed by atoms with Crippen LogP contribution in [0, 0.1) is 0 Å². The lowest BCUT2D eigenvalue weighted by molar-refractivity contribution is -0.139. The summed E-state index contributed by atoms with van der Waals surface area (Å²) in [7, 11) is 0. The van der Waals surface area contributed by atoms with Crippen LogP contribution in [0.2, 0.25) is 0 Å². The molecule has 1 aliphatic heterocycles. The molecule has 3 N–H and O–H groups in total. The minimum absolute atomic E-state index is 0. The molecular formula is C13H16ClF3N2O. The van der Waals surface area contributed by atoms with Crippen molar-refractivity contribution in [2.45, 2.75) is 24.4 Å². The lowest BCUT2D eigenvalue weighted by Crippen LogP contribution is -2.49. The van der Waals surface area contributed by atoms with Crippen LogP contribution < -0.4 is 11.1 Å². The maximum absolute atomic E-state index is 13.1. The number of carbonyl (C=O) groups is 1. The number of alkyl halides is 3. The summed E-state index contributed by atoms with van der Waals surface area (Å²) in [5.41, 5.74) is 3.42. The average molecular weight is 309 g/mol. The van der Waals surface area contributed by atoms with Gasteiger partial charge in [-0.3, -0.25) is 4.79 Å². The molecule has 1 aromatic rings. The van der Waals surface area contributed by atoms with Crippen LogP contribution in [0.1, 0.15) is 24.0 Å². The minimum atomic E-state index is -4.48. The molecule has 0 atom stereocenters. The second kappa shape index (κ2) is 6.01. The Balaban J connectivity index is 0.00000200. The Morgan fingerprint density at radius 2 is 1.75 bits per heavy atom. The van der Waals surface area contributed by atoms with Gasteiger partial charge in [0.1, 0.15) is 0 Å². The Morgan fingerprint density at radius 3 is 2.25 bits per heavy atom. The van der Waals surface area contributed by atoms with Gasteiger partial charge in [0.25, 0.3) is 0 Å². The third-order valence-electron chi connectivity index (χ3n) is 3.68. The van der Waals surface area contributed by atoms with E-state index in [1.807, 2.05) is 0 Å². The van der Waals surface area contributed by atoms with E-state index in [-0.39, 0.29) is 30.8 Å². The maximum Gasteiger partial charge on any atom is 0.416 e. The summed E-state index contributed by atoms with van der Waals surface area (Å²) in [6.45, 7) is 0.963. The Bertz CT molecular complexity index is 485. The average Bonchev–Trinajstić information content (AvgIpc) is 2.38. The number of amides is 1. The van der Waals surface area contributed by atoms with Crippen LogP contribution in [0.15, 0.2) is 24.3 Å². The summed E-state index contributed by atoms with van der Waals surface area (Å²) in [4.78, 5) is 11.8. The van der Waals surface area contributed by atoms with Gasteiger partial charge in [-0.2, -0.15) is 13.2 Å². The fourth-order valence-corrected chi connectivity index (χ4v) is 2.65. The van der Waals surface area contributed by atoms with E-state index in [1.54, 1.807) is 0 Å². The molecule has 0 bridgehead atoms. The second-order valence-electron chi connectivity index (χ2n) is 4.74. The largest absolute Gasteiger partial charge is 0.416 e. The van der Waals surface area contributed by atoms with E-state index in [0.29, 0.717) is 13.1 Å². The number of piperidine rings is 1. The highest BCUT2D eigenvalue weighted by molar-refractivity contribution is 5.87. The van der Waals surface area contributed by atoms with E-state index in [2.05, 4.69) is 5.32 Å². The van der Waals surface area contributed by atoms with Crippen molar-refractivity contribution in [3.8, 4) is 0 Å². The summed E-state index contributed by atoms with van der Waals surface area (Å²) < 4.78 is 39.2. The number of hydrogen-bond acceptors (Lipinski definition) is 2. The first kappa shape index (κ1) is 16.8. The molecule has 1 amide bonds. The van der Waals surface area contributed by atoms with Crippen LogP contribution in [-0.4, -0.2) is 19.0 Å². The van der Waals surface area contributed by atoms with Gasteiger partial charge < -0.3 is 11.1 Å². The number of carbonyl (C=O) groups excluding carboxylic acids is 1. The molecule has 0 radical (unpaired) electrons. The molecule has 7 heteroatoms. The summed E-state index contributed by atoms with van der Waals surface area (Å²) in [6, 6.07) is 5.19. The van der Waals surface area contributed by atoms with Crippen LogP contribution in [0.3, 0.4) is 0 Å². The van der Waals surface area contributed by atoms with Crippen LogP contribution in [0.25, 0.3) is 0 Å². The summed E-state index contributed by atoms with van der Waals surface area (Å²) in [5.74, 6) is -0.689. The molecule has 0 aromatic heterocycles. The highest BCUT2D eigenvalue weighted by atomic mass is 35.5. The number of nitrogens with two attached hydrogens (primary N) is 1. The van der Waals surface area contributed by atoms with Crippen molar-refractivity contribution in [3.63, 3.8) is 0 Å². The molecule has 0 spiro atoms. The van der Waals surface area contributed by atoms with Gasteiger partial charge >= 0.3 is 6.18 Å². The van der Waals surface area contributed by atoms with Gasteiger partial charge in [0.05, 0.1) is 11.0 Å². The van der Waals surface area contributed by atoms with E-state index < -0.39 is 23.1 Å². The second-order valence-corrected chi connectivity index (χ2v) is 4.74. The molecule has 1 saturated heterocycles. The molecule has 3 nitrogen and oxygen atoms in total. The van der Waals surface area contributed by atoms with Gasteiger partial charge in [0.15, 0.2) is 0 Å². The lowest BCUT2D eigenvalue weighted by atomic mass is 9.71. The summed E-state index contributed by atoms with van der Waals surface area (Å²) in [6.07, 6.45) is -3.91. The fraction of sp³-hybridized carbons (Fsp3) is 0.462. The minimum Gasteiger partial charge on any atom is -0.369 e. The highest BCUT2D eigenvalue weighted by Gasteiger charge is 2.45. The van der Waals surface area contributed by atoms with Crippen molar-refractivity contribution in [2.24, 2.45) is 5.73 Å². The van der Waals surface area contributed by atoms with Gasteiger partial charge in [0, 0.05) is 0 Å². The predicted molar refractivity (Wildman–Crippen MR) is 71.7 cm³/mol. The molecular weight excluding hydrogens is 293 g/mol. The number of primary amides is 1. The molecule has 1 aromatic carbocycles. The van der Waals surface area contributed by atoms with Gasteiger partial charge in [-0.25, -0.2) is 0 Å². The molecule has 1 aliphatic rings. The Labute approximate surface area is 121 Å². The van der Waals surface area contributed by atoms with Crippen LogP contribution in [0.5, 0.6) is 0 Å². The molecule has 2 rings (SSSR count). The van der Waals surface area contributed by atoms with E-state index in [4.69, 9.17) is 5.73 Å². The smallest absolute Gasteiger partial charge is 0.369 e. The van der Waals surface area contributed by atoms with Crippen molar-refractivity contribution in [1.29, 1.82) is 0 Å². The van der Waals surface area contributed by atoms with Crippen molar-refractivity contribution in [3.05, 3.63) is 35.4 Å². The number of benzene rings is 1. The molecule has 0 aliphatic carbocycles.